The van der Waals surface area contributed by atoms with E-state index in [9.17, 15) is 0 Å². The van der Waals surface area contributed by atoms with Gasteiger partial charge in [0.2, 0.25) is 0 Å². The van der Waals surface area contributed by atoms with E-state index in [-0.39, 0.29) is 0 Å². The molecule has 100 valence electrons. The van der Waals surface area contributed by atoms with Crippen LogP contribution in [0.1, 0.15) is 12.2 Å². The Balaban J connectivity index is 1.92. The predicted octanol–water partition coefficient (Wildman–Crippen LogP) is 1.47. The lowest BCUT2D eigenvalue weighted by atomic mass is 10.0. The van der Waals surface area contributed by atoms with Crippen LogP contribution in [-0.4, -0.2) is 28.4 Å². The molecule has 1 atom stereocenters. The molecule has 1 aromatic heterocycles. The van der Waals surface area contributed by atoms with Crippen LogP contribution in [0.3, 0.4) is 0 Å². The Morgan fingerprint density at radius 1 is 1.47 bits per heavy atom. The van der Waals surface area contributed by atoms with E-state index in [0.29, 0.717) is 12.5 Å². The van der Waals surface area contributed by atoms with E-state index in [1.807, 2.05) is 28.9 Å². The summed E-state index contributed by atoms with van der Waals surface area (Å²) in [5.41, 5.74) is 6.73. The minimum absolute atomic E-state index is 0.521. The summed E-state index contributed by atoms with van der Waals surface area (Å²) in [6, 6.07) is 7.84. The number of fused-ring (bicyclic) bond motifs is 1. The van der Waals surface area contributed by atoms with E-state index in [2.05, 4.69) is 10.1 Å². The Labute approximate surface area is 112 Å². The van der Waals surface area contributed by atoms with Crippen molar-refractivity contribution in [2.45, 2.75) is 19.4 Å². The second kappa shape index (κ2) is 5.01. The number of hydrogen-bond acceptors (Lipinski definition) is 4. The average molecular weight is 258 g/mol. The van der Waals surface area contributed by atoms with E-state index in [0.717, 1.165) is 42.3 Å². The zero-order valence-corrected chi connectivity index (χ0v) is 11.0. The Bertz CT molecular complexity index is 579. The topological polar surface area (TPSA) is 66.0 Å². The standard InChI is InChI=1S/C14H18N4O/c1-19-12-4-2-3-11(7-12)14-16-13-6-5-10(8-15)9-18(13)17-14/h2-4,7,10H,5-6,8-9,15H2,1H3. The summed E-state index contributed by atoms with van der Waals surface area (Å²) in [5.74, 6) is 3.17. The van der Waals surface area contributed by atoms with Crippen LogP contribution < -0.4 is 10.5 Å². The molecule has 0 fully saturated rings. The van der Waals surface area contributed by atoms with Gasteiger partial charge in [-0.15, -0.1) is 0 Å². The van der Waals surface area contributed by atoms with Gasteiger partial charge in [0.1, 0.15) is 11.6 Å². The number of nitrogens with zero attached hydrogens (tertiary/aromatic N) is 3. The first-order valence-corrected chi connectivity index (χ1v) is 6.58. The molecule has 2 aromatic rings. The zero-order valence-electron chi connectivity index (χ0n) is 11.0. The Kier molecular flexibility index (Phi) is 3.21. The van der Waals surface area contributed by atoms with Crippen molar-refractivity contribution >= 4 is 0 Å². The fraction of sp³-hybridized carbons (Fsp3) is 0.429. The van der Waals surface area contributed by atoms with Gasteiger partial charge < -0.3 is 10.5 Å². The van der Waals surface area contributed by atoms with Crippen molar-refractivity contribution in [1.29, 1.82) is 0 Å². The number of aromatic nitrogens is 3. The molecule has 19 heavy (non-hydrogen) atoms. The minimum atomic E-state index is 0.521. The minimum Gasteiger partial charge on any atom is -0.497 e. The van der Waals surface area contributed by atoms with Crippen LogP contribution in [0, 0.1) is 5.92 Å². The quantitative estimate of drug-likeness (QED) is 0.905. The largest absolute Gasteiger partial charge is 0.497 e. The lowest BCUT2D eigenvalue weighted by molar-refractivity contribution is 0.350. The third-order valence-electron chi connectivity index (χ3n) is 3.62. The number of rotatable bonds is 3. The predicted molar refractivity (Wildman–Crippen MR) is 72.9 cm³/mol. The molecule has 1 aromatic carbocycles. The second-order valence-electron chi connectivity index (χ2n) is 4.91. The van der Waals surface area contributed by atoms with Gasteiger partial charge in [0.25, 0.3) is 0 Å². The molecule has 3 rings (SSSR count). The molecule has 0 saturated carbocycles. The molecule has 1 unspecified atom stereocenters. The molecular formula is C14H18N4O. The molecule has 2 N–H and O–H groups in total. The van der Waals surface area contributed by atoms with Crippen LogP contribution in [0.25, 0.3) is 11.4 Å². The smallest absolute Gasteiger partial charge is 0.181 e. The molecule has 0 amide bonds. The Hall–Kier alpha value is -1.88. The van der Waals surface area contributed by atoms with Gasteiger partial charge in [-0.1, -0.05) is 12.1 Å². The highest BCUT2D eigenvalue weighted by Gasteiger charge is 2.21. The first-order valence-electron chi connectivity index (χ1n) is 6.58. The first kappa shape index (κ1) is 12.2. The number of benzene rings is 1. The van der Waals surface area contributed by atoms with E-state index in [1.165, 1.54) is 0 Å². The lowest BCUT2D eigenvalue weighted by Crippen LogP contribution is -2.27. The molecule has 5 heteroatoms. The van der Waals surface area contributed by atoms with Gasteiger partial charge in [-0.2, -0.15) is 5.10 Å². The molecule has 0 spiro atoms. The third kappa shape index (κ3) is 2.33. The maximum atomic E-state index is 5.74. The van der Waals surface area contributed by atoms with E-state index in [1.54, 1.807) is 7.11 Å². The van der Waals surface area contributed by atoms with Crippen molar-refractivity contribution in [2.75, 3.05) is 13.7 Å². The van der Waals surface area contributed by atoms with E-state index in [4.69, 9.17) is 10.5 Å². The first-order chi connectivity index (χ1) is 9.30. The maximum absolute atomic E-state index is 5.74. The second-order valence-corrected chi connectivity index (χ2v) is 4.91. The number of hydrogen-bond donors (Lipinski definition) is 1. The van der Waals surface area contributed by atoms with Gasteiger partial charge in [-0.05, 0) is 31.0 Å². The summed E-state index contributed by atoms with van der Waals surface area (Å²) in [7, 11) is 1.66. The summed E-state index contributed by atoms with van der Waals surface area (Å²) in [5, 5.41) is 4.59. The number of ether oxygens (including phenoxy) is 1. The highest BCUT2D eigenvalue weighted by Crippen LogP contribution is 2.24. The molecule has 0 radical (unpaired) electrons. The fourth-order valence-electron chi connectivity index (χ4n) is 2.45. The van der Waals surface area contributed by atoms with Crippen LogP contribution in [0.15, 0.2) is 24.3 Å². The summed E-state index contributed by atoms with van der Waals surface area (Å²) in [6.07, 6.45) is 2.06. The van der Waals surface area contributed by atoms with E-state index < -0.39 is 0 Å². The van der Waals surface area contributed by atoms with Gasteiger partial charge >= 0.3 is 0 Å². The number of aryl methyl sites for hydroxylation is 1. The van der Waals surface area contributed by atoms with Gasteiger partial charge in [0.05, 0.1) is 7.11 Å². The average Bonchev–Trinajstić information content (AvgIpc) is 2.90. The molecule has 2 heterocycles. The van der Waals surface area contributed by atoms with Crippen LogP contribution in [0.2, 0.25) is 0 Å². The molecule has 1 aliphatic rings. The zero-order chi connectivity index (χ0) is 13.2. The van der Waals surface area contributed by atoms with Crippen molar-refractivity contribution < 1.29 is 4.74 Å². The van der Waals surface area contributed by atoms with Crippen molar-refractivity contribution in [3.05, 3.63) is 30.1 Å². The van der Waals surface area contributed by atoms with Crippen LogP contribution in [0.4, 0.5) is 0 Å². The highest BCUT2D eigenvalue weighted by atomic mass is 16.5. The third-order valence-corrected chi connectivity index (χ3v) is 3.62. The molecule has 0 bridgehead atoms. The normalized spacial score (nSPS) is 18.1. The van der Waals surface area contributed by atoms with Crippen LogP contribution >= 0.6 is 0 Å². The fourth-order valence-corrected chi connectivity index (χ4v) is 2.45. The van der Waals surface area contributed by atoms with Crippen molar-refractivity contribution in [3.63, 3.8) is 0 Å². The Morgan fingerprint density at radius 3 is 3.16 bits per heavy atom. The van der Waals surface area contributed by atoms with Gasteiger partial charge in [0.15, 0.2) is 5.82 Å². The highest BCUT2D eigenvalue weighted by molar-refractivity contribution is 5.57. The van der Waals surface area contributed by atoms with Crippen molar-refractivity contribution in [1.82, 2.24) is 14.8 Å². The molecular weight excluding hydrogens is 240 g/mol. The summed E-state index contributed by atoms with van der Waals surface area (Å²) in [4.78, 5) is 4.62. The van der Waals surface area contributed by atoms with Gasteiger partial charge in [-0.25, -0.2) is 9.67 Å². The Morgan fingerprint density at radius 2 is 2.37 bits per heavy atom. The molecule has 0 saturated heterocycles. The van der Waals surface area contributed by atoms with Crippen molar-refractivity contribution in [2.24, 2.45) is 11.7 Å². The lowest BCUT2D eigenvalue weighted by Gasteiger charge is -2.20. The van der Waals surface area contributed by atoms with Crippen LogP contribution in [-0.2, 0) is 13.0 Å². The summed E-state index contributed by atoms with van der Waals surface area (Å²) < 4.78 is 7.23. The molecule has 0 aliphatic carbocycles. The molecule has 1 aliphatic heterocycles. The van der Waals surface area contributed by atoms with Crippen LogP contribution in [0.5, 0.6) is 5.75 Å². The number of nitrogens with two attached hydrogens (primary N) is 1. The number of methoxy groups -OCH3 is 1. The maximum Gasteiger partial charge on any atom is 0.181 e. The summed E-state index contributed by atoms with van der Waals surface area (Å²) in [6.45, 7) is 1.59. The summed E-state index contributed by atoms with van der Waals surface area (Å²) >= 11 is 0. The molecule has 5 nitrogen and oxygen atoms in total. The van der Waals surface area contributed by atoms with Crippen molar-refractivity contribution in [3.8, 4) is 17.1 Å². The van der Waals surface area contributed by atoms with Gasteiger partial charge in [0, 0.05) is 18.5 Å². The van der Waals surface area contributed by atoms with E-state index >= 15 is 0 Å². The monoisotopic (exact) mass is 258 g/mol. The SMILES string of the molecule is COc1cccc(-c2nc3n(n2)CC(CN)CC3)c1. The van der Waals surface area contributed by atoms with Gasteiger partial charge in [-0.3, -0.25) is 0 Å².